The average Bonchev–Trinajstić information content (AvgIpc) is 2.47. The number of esters is 1. The van der Waals surface area contributed by atoms with Gasteiger partial charge in [-0.15, -0.1) is 0 Å². The number of halogens is 2. The van der Waals surface area contributed by atoms with Crippen molar-refractivity contribution in [2.24, 2.45) is 5.92 Å². The van der Waals surface area contributed by atoms with Gasteiger partial charge in [0.2, 0.25) is 0 Å². The lowest BCUT2D eigenvalue weighted by molar-refractivity contribution is -0.136. The third kappa shape index (κ3) is 8.34. The predicted molar refractivity (Wildman–Crippen MR) is 97.0 cm³/mol. The van der Waals surface area contributed by atoms with Crippen LogP contribution in [0.25, 0.3) is 0 Å². The zero-order chi connectivity index (χ0) is 18.2. The van der Waals surface area contributed by atoms with Crippen LogP contribution in [0.2, 0.25) is 10.0 Å². The minimum Gasteiger partial charge on any atom is -0.423 e. The molecule has 0 fully saturated rings. The van der Waals surface area contributed by atoms with Crippen LogP contribution in [0, 0.1) is 5.92 Å². The monoisotopic (exact) mass is 376 g/mol. The van der Waals surface area contributed by atoms with E-state index in [1.807, 2.05) is 13.8 Å². The number of ether oxygens (including phenoxy) is 3. The van der Waals surface area contributed by atoms with E-state index in [2.05, 4.69) is 13.8 Å². The molecule has 0 spiro atoms. The molecule has 24 heavy (non-hydrogen) atoms. The van der Waals surface area contributed by atoms with Crippen LogP contribution in [0.15, 0.2) is 18.2 Å². The van der Waals surface area contributed by atoms with E-state index >= 15 is 0 Å². The van der Waals surface area contributed by atoms with Gasteiger partial charge in [0, 0.05) is 6.61 Å². The van der Waals surface area contributed by atoms with Crippen molar-refractivity contribution < 1.29 is 19.0 Å². The molecule has 6 heteroatoms. The van der Waals surface area contributed by atoms with Crippen LogP contribution in [-0.2, 0) is 14.3 Å². The van der Waals surface area contributed by atoms with E-state index in [-0.39, 0.29) is 24.4 Å². The molecule has 0 aliphatic rings. The number of hydrogen-bond acceptors (Lipinski definition) is 4. The highest BCUT2D eigenvalue weighted by Gasteiger charge is 2.19. The first kappa shape index (κ1) is 21.2. The van der Waals surface area contributed by atoms with Gasteiger partial charge < -0.3 is 14.2 Å². The van der Waals surface area contributed by atoms with Crippen LogP contribution >= 0.6 is 23.2 Å². The molecule has 0 bridgehead atoms. The van der Waals surface area contributed by atoms with E-state index in [1.165, 1.54) is 0 Å². The number of hydrogen-bond donors (Lipinski definition) is 0. The molecule has 136 valence electrons. The fraction of sp³-hybridized carbons (Fsp3) is 0.611. The normalized spacial score (nSPS) is 11.8. The Morgan fingerprint density at radius 2 is 1.79 bits per heavy atom. The summed E-state index contributed by atoms with van der Waals surface area (Å²) in [4.78, 5) is 11.8. The van der Waals surface area contributed by atoms with E-state index in [4.69, 9.17) is 37.4 Å². The Hall–Kier alpha value is -0.810. The smallest absolute Gasteiger partial charge is 0.313 e. The predicted octanol–water partition coefficient (Wildman–Crippen LogP) is 5.15. The van der Waals surface area contributed by atoms with E-state index in [0.717, 1.165) is 6.42 Å². The Balaban J connectivity index is 2.28. The van der Waals surface area contributed by atoms with Crippen molar-refractivity contribution in [1.29, 1.82) is 0 Å². The minimum atomic E-state index is -0.441. The molecule has 0 radical (unpaired) electrons. The standard InChI is InChI=1S/C18H26Cl2O4/c1-13(2)8-11-23-18(3,4)12-22-10-9-16(21)24-17-14(19)6-5-7-15(17)20/h5-7,13H,8-12H2,1-4H3. The first-order chi connectivity index (χ1) is 11.2. The Kier molecular flexibility index (Phi) is 9.06. The lowest BCUT2D eigenvalue weighted by atomic mass is 10.1. The Bertz CT molecular complexity index is 510. The molecular weight excluding hydrogens is 351 g/mol. The molecule has 0 N–H and O–H groups in total. The fourth-order valence-corrected chi connectivity index (χ4v) is 2.31. The Morgan fingerprint density at radius 1 is 1.17 bits per heavy atom. The number of carbonyl (C=O) groups is 1. The summed E-state index contributed by atoms with van der Waals surface area (Å²) < 4.78 is 16.5. The van der Waals surface area contributed by atoms with Crippen LogP contribution < -0.4 is 4.74 Å². The first-order valence-corrected chi connectivity index (χ1v) is 8.83. The fourth-order valence-electron chi connectivity index (χ4n) is 1.83. The Labute approximate surface area is 154 Å². The average molecular weight is 377 g/mol. The molecular formula is C18H26Cl2O4. The second-order valence-electron chi connectivity index (χ2n) is 6.62. The number of para-hydroxylation sites is 1. The molecule has 0 amide bonds. The number of rotatable bonds is 10. The van der Waals surface area contributed by atoms with Crippen LogP contribution in [0.4, 0.5) is 0 Å². The molecule has 4 nitrogen and oxygen atoms in total. The van der Waals surface area contributed by atoms with Crippen molar-refractivity contribution in [1.82, 2.24) is 0 Å². The van der Waals surface area contributed by atoms with Gasteiger partial charge in [0.1, 0.15) is 0 Å². The van der Waals surface area contributed by atoms with Crippen LogP contribution in [-0.4, -0.2) is 31.4 Å². The molecule has 0 saturated heterocycles. The summed E-state index contributed by atoms with van der Waals surface area (Å²) in [5.41, 5.74) is -0.384. The van der Waals surface area contributed by atoms with E-state index < -0.39 is 5.97 Å². The van der Waals surface area contributed by atoms with Crippen molar-refractivity contribution in [2.45, 2.75) is 46.1 Å². The summed E-state index contributed by atoms with van der Waals surface area (Å²) in [7, 11) is 0. The molecule has 1 aromatic rings. The highest BCUT2D eigenvalue weighted by molar-refractivity contribution is 6.37. The molecule has 1 rings (SSSR count). The summed E-state index contributed by atoms with van der Waals surface area (Å²) in [6, 6.07) is 4.92. The largest absolute Gasteiger partial charge is 0.423 e. The molecule has 0 heterocycles. The van der Waals surface area contributed by atoms with Gasteiger partial charge >= 0.3 is 5.97 Å². The van der Waals surface area contributed by atoms with Gasteiger partial charge in [-0.3, -0.25) is 4.79 Å². The molecule has 0 saturated carbocycles. The zero-order valence-electron chi connectivity index (χ0n) is 14.7. The van der Waals surface area contributed by atoms with Gasteiger partial charge in [0.15, 0.2) is 5.75 Å². The summed E-state index contributed by atoms with van der Waals surface area (Å²) in [6.45, 7) is 9.60. The maximum atomic E-state index is 11.8. The zero-order valence-corrected chi connectivity index (χ0v) is 16.2. The SMILES string of the molecule is CC(C)CCOC(C)(C)COCCC(=O)Oc1c(Cl)cccc1Cl. The lowest BCUT2D eigenvalue weighted by Gasteiger charge is -2.25. The topological polar surface area (TPSA) is 44.8 Å². The second kappa shape index (κ2) is 10.2. The van der Waals surface area contributed by atoms with Gasteiger partial charge in [0.05, 0.1) is 35.3 Å². The highest BCUT2D eigenvalue weighted by atomic mass is 35.5. The third-order valence-electron chi connectivity index (χ3n) is 3.22. The maximum Gasteiger partial charge on any atom is 0.313 e. The van der Waals surface area contributed by atoms with E-state index in [0.29, 0.717) is 29.2 Å². The van der Waals surface area contributed by atoms with Crippen molar-refractivity contribution in [3.8, 4) is 5.75 Å². The number of carbonyl (C=O) groups excluding carboxylic acids is 1. The highest BCUT2D eigenvalue weighted by Crippen LogP contribution is 2.32. The number of benzene rings is 1. The van der Waals surface area contributed by atoms with Gasteiger partial charge in [-0.2, -0.15) is 0 Å². The molecule has 0 aliphatic heterocycles. The molecule has 0 aliphatic carbocycles. The van der Waals surface area contributed by atoms with Gasteiger partial charge in [0.25, 0.3) is 0 Å². The van der Waals surface area contributed by atoms with Gasteiger partial charge in [-0.05, 0) is 38.3 Å². The van der Waals surface area contributed by atoms with Gasteiger partial charge in [-0.1, -0.05) is 43.1 Å². The quantitative estimate of drug-likeness (QED) is 0.322. The molecule has 0 atom stereocenters. The summed E-state index contributed by atoms with van der Waals surface area (Å²) in [6.07, 6.45) is 1.12. The van der Waals surface area contributed by atoms with Crippen molar-refractivity contribution in [3.63, 3.8) is 0 Å². The van der Waals surface area contributed by atoms with Crippen molar-refractivity contribution >= 4 is 29.2 Å². The molecule has 1 aromatic carbocycles. The van der Waals surface area contributed by atoms with Crippen LogP contribution in [0.3, 0.4) is 0 Å². The van der Waals surface area contributed by atoms with Crippen molar-refractivity contribution in [3.05, 3.63) is 28.2 Å². The minimum absolute atomic E-state index is 0.115. The van der Waals surface area contributed by atoms with E-state index in [1.54, 1.807) is 18.2 Å². The summed E-state index contributed by atoms with van der Waals surface area (Å²) >= 11 is 11.9. The maximum absolute atomic E-state index is 11.8. The van der Waals surface area contributed by atoms with Crippen molar-refractivity contribution in [2.75, 3.05) is 19.8 Å². The second-order valence-corrected chi connectivity index (χ2v) is 7.43. The molecule has 0 unspecified atom stereocenters. The lowest BCUT2D eigenvalue weighted by Crippen LogP contribution is -2.32. The third-order valence-corrected chi connectivity index (χ3v) is 3.82. The molecule has 0 aromatic heterocycles. The summed E-state index contributed by atoms with van der Waals surface area (Å²) in [5.74, 6) is 0.347. The van der Waals surface area contributed by atoms with Crippen LogP contribution in [0.1, 0.15) is 40.5 Å². The Morgan fingerprint density at radius 3 is 2.38 bits per heavy atom. The summed E-state index contributed by atoms with van der Waals surface area (Å²) in [5, 5.41) is 0.605. The van der Waals surface area contributed by atoms with E-state index in [9.17, 15) is 4.79 Å². The van der Waals surface area contributed by atoms with Crippen LogP contribution in [0.5, 0.6) is 5.75 Å². The first-order valence-electron chi connectivity index (χ1n) is 8.07. The van der Waals surface area contributed by atoms with Gasteiger partial charge in [-0.25, -0.2) is 0 Å².